The molecule has 0 heterocycles. The summed E-state index contributed by atoms with van der Waals surface area (Å²) in [6.07, 6.45) is 0. The highest BCUT2D eigenvalue weighted by molar-refractivity contribution is 5.35. The normalized spacial score (nSPS) is 11.4. The molecule has 2 heteroatoms. The highest BCUT2D eigenvalue weighted by Gasteiger charge is 2.31. The van der Waals surface area contributed by atoms with E-state index in [9.17, 15) is 5.11 Å². The van der Waals surface area contributed by atoms with Gasteiger partial charge in [0.15, 0.2) is 5.60 Å². The summed E-state index contributed by atoms with van der Waals surface area (Å²) in [4.78, 5) is 0. The molecule has 0 atom stereocenters. The van der Waals surface area contributed by atoms with Crippen LogP contribution >= 0.6 is 0 Å². The smallest absolute Gasteiger partial charge is 0.163 e. The Bertz CT molecular complexity index is 399. The molecule has 2 nitrogen and oxygen atoms in total. The minimum absolute atomic E-state index is 0.418. The monoisotopic (exact) mass is 214 g/mol. The van der Waals surface area contributed by atoms with E-state index in [1.165, 1.54) is 0 Å². The Morgan fingerprint density at radius 3 is 1.50 bits per heavy atom. The zero-order valence-corrected chi connectivity index (χ0v) is 9.13. The van der Waals surface area contributed by atoms with Crippen LogP contribution in [-0.4, -0.2) is 11.7 Å². The molecule has 2 aromatic rings. The standard InChI is InChI=1S/C14H15NO/c15-11-14(16,12-7-3-1-4-8-12)13-9-5-2-6-10-13/h1-10,16H,11,15H2/p+1. The van der Waals surface area contributed by atoms with Crippen molar-refractivity contribution in [2.45, 2.75) is 5.60 Å². The SMILES string of the molecule is [NH3+]CC(O)(c1ccccc1)c1ccccc1. The molecule has 0 saturated carbocycles. The fourth-order valence-electron chi connectivity index (χ4n) is 1.88. The van der Waals surface area contributed by atoms with Crippen molar-refractivity contribution in [2.75, 3.05) is 6.54 Å². The van der Waals surface area contributed by atoms with Crippen LogP contribution in [0.1, 0.15) is 11.1 Å². The Labute approximate surface area is 95.4 Å². The van der Waals surface area contributed by atoms with Gasteiger partial charge in [0.25, 0.3) is 0 Å². The van der Waals surface area contributed by atoms with Gasteiger partial charge in [0, 0.05) is 0 Å². The summed E-state index contributed by atoms with van der Waals surface area (Å²) < 4.78 is 0. The van der Waals surface area contributed by atoms with Crippen LogP contribution in [0, 0.1) is 0 Å². The van der Waals surface area contributed by atoms with E-state index in [-0.39, 0.29) is 0 Å². The van der Waals surface area contributed by atoms with E-state index in [2.05, 4.69) is 5.73 Å². The third kappa shape index (κ3) is 1.85. The van der Waals surface area contributed by atoms with Gasteiger partial charge in [-0.25, -0.2) is 0 Å². The highest BCUT2D eigenvalue weighted by Crippen LogP contribution is 2.27. The zero-order valence-electron chi connectivity index (χ0n) is 9.13. The number of quaternary nitrogens is 1. The minimum Gasteiger partial charge on any atom is -0.375 e. The first-order valence-corrected chi connectivity index (χ1v) is 5.40. The minimum atomic E-state index is -0.984. The average molecular weight is 214 g/mol. The van der Waals surface area contributed by atoms with Gasteiger partial charge in [-0.2, -0.15) is 0 Å². The molecule has 0 aliphatic carbocycles. The van der Waals surface area contributed by atoms with Crippen LogP contribution in [0.4, 0.5) is 0 Å². The molecule has 2 rings (SSSR count). The molecule has 0 aliphatic rings. The first-order valence-electron chi connectivity index (χ1n) is 5.40. The van der Waals surface area contributed by atoms with Gasteiger partial charge in [-0.3, -0.25) is 0 Å². The van der Waals surface area contributed by atoms with Crippen LogP contribution in [0.5, 0.6) is 0 Å². The molecule has 0 spiro atoms. The van der Waals surface area contributed by atoms with Crippen LogP contribution in [0.3, 0.4) is 0 Å². The van der Waals surface area contributed by atoms with Gasteiger partial charge in [0.05, 0.1) is 0 Å². The molecule has 0 fully saturated rings. The summed E-state index contributed by atoms with van der Waals surface area (Å²) in [6.45, 7) is 0.418. The van der Waals surface area contributed by atoms with Crippen LogP contribution < -0.4 is 5.73 Å². The molecular formula is C14H16NO+. The quantitative estimate of drug-likeness (QED) is 0.791. The average Bonchev–Trinajstić information content (AvgIpc) is 2.40. The number of hydrogen-bond acceptors (Lipinski definition) is 1. The molecule has 0 unspecified atom stereocenters. The van der Waals surface area contributed by atoms with Crippen LogP contribution in [0.25, 0.3) is 0 Å². The number of aliphatic hydroxyl groups is 1. The molecule has 2 aromatic carbocycles. The summed E-state index contributed by atoms with van der Waals surface area (Å²) in [5.74, 6) is 0. The van der Waals surface area contributed by atoms with E-state index in [1.54, 1.807) is 0 Å². The highest BCUT2D eigenvalue weighted by atomic mass is 16.3. The molecule has 0 bridgehead atoms. The fraction of sp³-hybridized carbons (Fsp3) is 0.143. The van der Waals surface area contributed by atoms with Gasteiger partial charge in [0.2, 0.25) is 0 Å². The third-order valence-electron chi connectivity index (χ3n) is 2.86. The van der Waals surface area contributed by atoms with Crippen molar-refractivity contribution >= 4 is 0 Å². The molecular weight excluding hydrogens is 198 g/mol. The zero-order chi connectivity index (χ0) is 11.4. The Morgan fingerprint density at radius 1 is 0.812 bits per heavy atom. The summed E-state index contributed by atoms with van der Waals surface area (Å²) >= 11 is 0. The summed E-state index contributed by atoms with van der Waals surface area (Å²) in [7, 11) is 0. The lowest BCUT2D eigenvalue weighted by Crippen LogP contribution is -2.60. The van der Waals surface area contributed by atoms with Gasteiger partial charge in [-0.05, 0) is 11.1 Å². The summed E-state index contributed by atoms with van der Waals surface area (Å²) in [6, 6.07) is 19.3. The molecule has 0 saturated heterocycles. The van der Waals surface area contributed by atoms with Gasteiger partial charge in [-0.15, -0.1) is 0 Å². The van der Waals surface area contributed by atoms with Gasteiger partial charge in [0.1, 0.15) is 6.54 Å². The topological polar surface area (TPSA) is 47.9 Å². The van der Waals surface area contributed by atoms with E-state index in [0.29, 0.717) is 6.54 Å². The predicted molar refractivity (Wildman–Crippen MR) is 63.6 cm³/mol. The van der Waals surface area contributed by atoms with Crippen molar-refractivity contribution in [3.8, 4) is 0 Å². The van der Waals surface area contributed by atoms with Gasteiger partial charge < -0.3 is 10.8 Å². The largest absolute Gasteiger partial charge is 0.375 e. The van der Waals surface area contributed by atoms with Crippen LogP contribution in [0.15, 0.2) is 60.7 Å². The van der Waals surface area contributed by atoms with E-state index >= 15 is 0 Å². The Hall–Kier alpha value is -1.64. The van der Waals surface area contributed by atoms with Gasteiger partial charge in [-0.1, -0.05) is 60.7 Å². The maximum atomic E-state index is 10.7. The third-order valence-corrected chi connectivity index (χ3v) is 2.86. The molecule has 0 radical (unpaired) electrons. The lowest BCUT2D eigenvalue weighted by atomic mass is 9.86. The van der Waals surface area contributed by atoms with Crippen molar-refractivity contribution in [2.24, 2.45) is 0 Å². The molecule has 16 heavy (non-hydrogen) atoms. The summed E-state index contributed by atoms with van der Waals surface area (Å²) in [5.41, 5.74) is 4.65. The summed E-state index contributed by atoms with van der Waals surface area (Å²) in [5, 5.41) is 10.7. The maximum Gasteiger partial charge on any atom is 0.163 e. The lowest BCUT2D eigenvalue weighted by molar-refractivity contribution is -0.397. The molecule has 4 N–H and O–H groups in total. The molecule has 82 valence electrons. The van der Waals surface area contributed by atoms with E-state index in [0.717, 1.165) is 11.1 Å². The second kappa shape index (κ2) is 4.47. The van der Waals surface area contributed by atoms with Crippen molar-refractivity contribution in [3.63, 3.8) is 0 Å². The second-order valence-electron chi connectivity index (χ2n) is 3.84. The van der Waals surface area contributed by atoms with E-state index in [1.807, 2.05) is 60.7 Å². The second-order valence-corrected chi connectivity index (χ2v) is 3.84. The number of rotatable bonds is 3. The Balaban J connectivity index is 2.49. The van der Waals surface area contributed by atoms with Crippen molar-refractivity contribution in [3.05, 3.63) is 71.8 Å². The van der Waals surface area contributed by atoms with Gasteiger partial charge >= 0.3 is 0 Å². The van der Waals surface area contributed by atoms with Crippen molar-refractivity contribution < 1.29 is 10.8 Å². The first kappa shape index (κ1) is 10.9. The predicted octanol–water partition coefficient (Wildman–Crippen LogP) is 1.16. The van der Waals surface area contributed by atoms with E-state index in [4.69, 9.17) is 0 Å². The van der Waals surface area contributed by atoms with Crippen molar-refractivity contribution in [1.82, 2.24) is 0 Å². The first-order chi connectivity index (χ1) is 7.77. The number of benzene rings is 2. The maximum absolute atomic E-state index is 10.7. The number of hydrogen-bond donors (Lipinski definition) is 2. The van der Waals surface area contributed by atoms with Crippen molar-refractivity contribution in [1.29, 1.82) is 0 Å². The molecule has 0 aliphatic heterocycles. The van der Waals surface area contributed by atoms with E-state index < -0.39 is 5.60 Å². The lowest BCUT2D eigenvalue weighted by Gasteiger charge is -2.25. The fourth-order valence-corrected chi connectivity index (χ4v) is 1.88. The van der Waals surface area contributed by atoms with Crippen LogP contribution in [-0.2, 0) is 5.60 Å². The van der Waals surface area contributed by atoms with Crippen LogP contribution in [0.2, 0.25) is 0 Å². The molecule has 0 aromatic heterocycles. The molecule has 0 amide bonds. The Kier molecular flexibility index (Phi) is 3.04. The Morgan fingerprint density at radius 2 is 1.19 bits per heavy atom.